The molecule has 2 aromatic carbocycles. The number of aryl methyl sites for hydroxylation is 1. The zero-order chi connectivity index (χ0) is 19.0. The van der Waals surface area contributed by atoms with Gasteiger partial charge < -0.3 is 0 Å². The van der Waals surface area contributed by atoms with Crippen LogP contribution >= 0.6 is 22.9 Å². The fourth-order valence-electron chi connectivity index (χ4n) is 2.70. The highest BCUT2D eigenvalue weighted by Crippen LogP contribution is 2.30. The fourth-order valence-corrected chi connectivity index (χ4v) is 4.64. The lowest BCUT2D eigenvalue weighted by molar-refractivity contribution is 0.601. The van der Waals surface area contributed by atoms with Gasteiger partial charge in [0.2, 0.25) is 5.13 Å². The third-order valence-electron chi connectivity index (χ3n) is 3.94. The van der Waals surface area contributed by atoms with Gasteiger partial charge >= 0.3 is 0 Å². The number of sulfonamides is 1. The first kappa shape index (κ1) is 17.8. The van der Waals surface area contributed by atoms with Crippen LogP contribution in [0, 0.1) is 6.92 Å². The number of halogens is 1. The molecule has 0 saturated heterocycles. The summed E-state index contributed by atoms with van der Waals surface area (Å²) in [5.41, 5.74) is 4.57. The van der Waals surface area contributed by atoms with Crippen LogP contribution in [-0.4, -0.2) is 28.6 Å². The van der Waals surface area contributed by atoms with E-state index in [2.05, 4.69) is 24.9 Å². The van der Waals surface area contributed by atoms with Gasteiger partial charge in [-0.05, 0) is 42.8 Å². The molecule has 0 aliphatic carbocycles. The van der Waals surface area contributed by atoms with E-state index in [9.17, 15) is 8.42 Å². The van der Waals surface area contributed by atoms with E-state index in [0.29, 0.717) is 10.5 Å². The van der Waals surface area contributed by atoms with Gasteiger partial charge in [-0.25, -0.2) is 18.4 Å². The molecule has 0 radical (unpaired) electrons. The molecule has 0 atom stereocenters. The van der Waals surface area contributed by atoms with Crippen LogP contribution in [0.2, 0.25) is 5.02 Å². The van der Waals surface area contributed by atoms with Crippen LogP contribution in [0.3, 0.4) is 0 Å². The minimum absolute atomic E-state index is 0.0858. The second-order valence-electron chi connectivity index (χ2n) is 5.71. The highest BCUT2D eigenvalue weighted by molar-refractivity contribution is 7.93. The van der Waals surface area contributed by atoms with Crippen molar-refractivity contribution in [3.8, 4) is 11.3 Å². The van der Waals surface area contributed by atoms with E-state index in [0.717, 1.165) is 33.5 Å². The van der Waals surface area contributed by atoms with Crippen molar-refractivity contribution < 1.29 is 8.42 Å². The van der Waals surface area contributed by atoms with Crippen LogP contribution in [0.15, 0.2) is 53.1 Å². The summed E-state index contributed by atoms with van der Waals surface area (Å²) in [6.45, 7) is 1.94. The van der Waals surface area contributed by atoms with Gasteiger partial charge in [0.1, 0.15) is 11.8 Å². The number of rotatable bonds is 4. The lowest BCUT2D eigenvalue weighted by atomic mass is 10.0. The molecule has 0 spiro atoms. The lowest BCUT2D eigenvalue weighted by Gasteiger charge is -2.10. The van der Waals surface area contributed by atoms with Gasteiger partial charge in [0.05, 0.1) is 16.1 Å². The number of anilines is 1. The SMILES string of the molecule is Cc1cc(Cl)ccc1-c1ncnc2cc(S(=O)(=O)Nc3nncs3)ccc12. The molecule has 2 aromatic heterocycles. The van der Waals surface area contributed by atoms with Crippen molar-refractivity contribution >= 4 is 49.0 Å². The Balaban J connectivity index is 1.80. The Hall–Kier alpha value is -2.62. The van der Waals surface area contributed by atoms with E-state index >= 15 is 0 Å². The van der Waals surface area contributed by atoms with E-state index in [1.807, 2.05) is 19.1 Å². The maximum atomic E-state index is 12.6. The predicted molar refractivity (Wildman–Crippen MR) is 105 cm³/mol. The van der Waals surface area contributed by atoms with Crippen molar-refractivity contribution in [2.75, 3.05) is 4.72 Å². The first-order valence-corrected chi connectivity index (χ1v) is 10.5. The lowest BCUT2D eigenvalue weighted by Crippen LogP contribution is -2.12. The molecule has 136 valence electrons. The smallest absolute Gasteiger partial charge is 0.253 e. The van der Waals surface area contributed by atoms with Gasteiger partial charge in [-0.1, -0.05) is 29.0 Å². The quantitative estimate of drug-likeness (QED) is 0.540. The Labute approximate surface area is 164 Å². The van der Waals surface area contributed by atoms with Crippen LogP contribution in [0.25, 0.3) is 22.2 Å². The Bertz CT molecular complexity index is 1240. The van der Waals surface area contributed by atoms with Crippen molar-refractivity contribution in [1.82, 2.24) is 20.2 Å². The van der Waals surface area contributed by atoms with Crippen LogP contribution in [0.1, 0.15) is 5.56 Å². The number of nitrogens with one attached hydrogen (secondary N) is 1. The Morgan fingerprint density at radius 2 is 1.96 bits per heavy atom. The number of aromatic nitrogens is 4. The molecule has 1 N–H and O–H groups in total. The zero-order valence-electron chi connectivity index (χ0n) is 13.9. The number of nitrogens with zero attached hydrogens (tertiary/aromatic N) is 4. The Kier molecular flexibility index (Phi) is 4.50. The Morgan fingerprint density at radius 3 is 2.70 bits per heavy atom. The van der Waals surface area contributed by atoms with Gasteiger partial charge in [-0.15, -0.1) is 10.2 Å². The van der Waals surface area contributed by atoms with Gasteiger partial charge in [-0.2, -0.15) is 0 Å². The van der Waals surface area contributed by atoms with E-state index in [-0.39, 0.29) is 10.0 Å². The molecule has 0 aliphatic rings. The summed E-state index contributed by atoms with van der Waals surface area (Å²) >= 11 is 7.14. The van der Waals surface area contributed by atoms with Crippen LogP contribution in [-0.2, 0) is 10.0 Å². The average Bonchev–Trinajstić information content (AvgIpc) is 3.13. The zero-order valence-corrected chi connectivity index (χ0v) is 16.3. The van der Waals surface area contributed by atoms with Crippen molar-refractivity contribution in [2.45, 2.75) is 11.8 Å². The summed E-state index contributed by atoms with van der Waals surface area (Å²) in [7, 11) is -3.79. The number of benzene rings is 2. The van der Waals surface area contributed by atoms with E-state index in [1.165, 1.54) is 24.0 Å². The van der Waals surface area contributed by atoms with E-state index in [1.54, 1.807) is 12.1 Å². The van der Waals surface area contributed by atoms with Gasteiger partial charge in [0.15, 0.2) is 0 Å². The van der Waals surface area contributed by atoms with Crippen LogP contribution in [0.4, 0.5) is 5.13 Å². The van der Waals surface area contributed by atoms with E-state index < -0.39 is 10.0 Å². The molecular weight excluding hydrogens is 406 g/mol. The van der Waals surface area contributed by atoms with Crippen molar-refractivity contribution in [3.05, 3.63) is 58.8 Å². The second-order valence-corrected chi connectivity index (χ2v) is 8.66. The van der Waals surface area contributed by atoms with Crippen molar-refractivity contribution in [1.29, 1.82) is 0 Å². The number of fused-ring (bicyclic) bond motifs is 1. The standard InChI is InChI=1S/C17H12ClN5O2S2/c1-10-6-11(18)2-4-13(10)16-14-5-3-12(7-15(14)19-8-20-16)27(24,25)23-17-22-21-9-26-17/h2-9H,1H3,(H,22,23). The maximum absolute atomic E-state index is 12.6. The largest absolute Gasteiger partial charge is 0.263 e. The highest BCUT2D eigenvalue weighted by atomic mass is 35.5. The van der Waals surface area contributed by atoms with Gasteiger partial charge in [-0.3, -0.25) is 4.72 Å². The van der Waals surface area contributed by atoms with Crippen molar-refractivity contribution in [2.24, 2.45) is 0 Å². The third-order valence-corrected chi connectivity index (χ3v) is 6.25. The summed E-state index contributed by atoms with van der Waals surface area (Å²) in [5, 5.41) is 8.92. The predicted octanol–water partition coefficient (Wildman–Crippen LogP) is 3.91. The molecule has 0 amide bonds. The molecule has 0 saturated carbocycles. The molecule has 4 rings (SSSR count). The van der Waals surface area contributed by atoms with Crippen molar-refractivity contribution in [3.63, 3.8) is 0 Å². The minimum atomic E-state index is -3.79. The number of hydrogen-bond acceptors (Lipinski definition) is 7. The summed E-state index contributed by atoms with van der Waals surface area (Å²) < 4.78 is 27.5. The van der Waals surface area contributed by atoms with Crippen LogP contribution in [0.5, 0.6) is 0 Å². The molecule has 4 aromatic rings. The number of hydrogen-bond donors (Lipinski definition) is 1. The minimum Gasteiger partial charge on any atom is -0.253 e. The molecule has 7 nitrogen and oxygen atoms in total. The fraction of sp³-hybridized carbons (Fsp3) is 0.0588. The summed E-state index contributed by atoms with van der Waals surface area (Å²) in [6, 6.07) is 10.3. The molecule has 0 fully saturated rings. The summed E-state index contributed by atoms with van der Waals surface area (Å²) in [6.07, 6.45) is 1.42. The van der Waals surface area contributed by atoms with E-state index in [4.69, 9.17) is 11.6 Å². The normalized spacial score (nSPS) is 11.6. The van der Waals surface area contributed by atoms with Gasteiger partial charge in [0.25, 0.3) is 10.0 Å². The molecule has 0 bridgehead atoms. The molecule has 0 unspecified atom stereocenters. The first-order chi connectivity index (χ1) is 12.9. The first-order valence-electron chi connectivity index (χ1n) is 7.74. The molecular formula is C17H12ClN5O2S2. The molecule has 2 heterocycles. The highest BCUT2D eigenvalue weighted by Gasteiger charge is 2.18. The third kappa shape index (κ3) is 3.48. The molecule has 10 heteroatoms. The monoisotopic (exact) mass is 417 g/mol. The molecule has 0 aliphatic heterocycles. The topological polar surface area (TPSA) is 97.7 Å². The summed E-state index contributed by atoms with van der Waals surface area (Å²) in [4.78, 5) is 8.70. The average molecular weight is 418 g/mol. The summed E-state index contributed by atoms with van der Waals surface area (Å²) in [5.74, 6) is 0. The Morgan fingerprint density at radius 1 is 1.11 bits per heavy atom. The molecule has 27 heavy (non-hydrogen) atoms. The van der Waals surface area contributed by atoms with Crippen LogP contribution < -0.4 is 4.72 Å². The second kappa shape index (κ2) is 6.84. The van der Waals surface area contributed by atoms with Gasteiger partial charge in [0, 0.05) is 16.0 Å². The maximum Gasteiger partial charge on any atom is 0.263 e.